The quantitative estimate of drug-likeness (QED) is 0.0341. The summed E-state index contributed by atoms with van der Waals surface area (Å²) in [6.07, 6.45) is 30.6. The van der Waals surface area contributed by atoms with Gasteiger partial charge in [0.05, 0.1) is 25.5 Å². The highest BCUT2D eigenvalue weighted by atomic mass is 16.6. The molecule has 10 aliphatic rings. The smallest absolute Gasteiger partial charge is 0.328 e. The molecule has 0 bridgehead atoms. The summed E-state index contributed by atoms with van der Waals surface area (Å²) in [5.41, 5.74) is 12.2. The Morgan fingerprint density at radius 2 is 0.904 bits per heavy atom. The number of nitrogens with zero attached hydrogens (tertiary/aromatic N) is 9. The molecule has 18 atom stereocenters. The molecule has 0 radical (unpaired) electrons. The van der Waals surface area contributed by atoms with Crippen molar-refractivity contribution in [2.75, 3.05) is 32.8 Å². The van der Waals surface area contributed by atoms with E-state index in [1.54, 1.807) is 9.36 Å². The number of aromatic nitrogens is 7. The van der Waals surface area contributed by atoms with Crippen LogP contribution in [0, 0.1) is 92.7 Å². The van der Waals surface area contributed by atoms with Gasteiger partial charge in [-0.2, -0.15) is 0 Å². The lowest BCUT2D eigenvalue weighted by atomic mass is 9.44. The number of ether oxygens (including phenoxy) is 4. The second-order valence-electron chi connectivity index (χ2n) is 34.3. The van der Waals surface area contributed by atoms with Crippen LogP contribution in [0.15, 0.2) is 73.1 Å². The van der Waals surface area contributed by atoms with E-state index >= 15 is 0 Å². The molecule has 2 N–H and O–H groups in total. The number of benzene rings is 2. The minimum absolute atomic E-state index is 0.0178. The highest BCUT2D eigenvalue weighted by Crippen LogP contribution is 2.70. The first-order valence-corrected chi connectivity index (χ1v) is 39.4. The molecule has 104 heavy (non-hydrogen) atoms. The van der Waals surface area contributed by atoms with Crippen LogP contribution in [-0.4, -0.2) is 137 Å². The second-order valence-corrected chi connectivity index (χ2v) is 34.3. The van der Waals surface area contributed by atoms with Gasteiger partial charge in [-0.1, -0.05) is 76.2 Å². The van der Waals surface area contributed by atoms with E-state index < -0.39 is 0 Å². The molecule has 5 heterocycles. The number of carbonyl (C=O) groups excluding carboxylic acids is 8. The number of hydrogen-bond acceptors (Lipinski definition) is 17. The SMILES string of the molecule is C[C@H](CCC(=O)OCCN1C(=O)C=CC1=O)C1CC[C@H]2[C@@H]3CCC4C[C@H](OC(=O)Cn5cc(-c6ccc7c8ccc(-c9cn(CC(=O)O[C@@H]%10CCC%11(C)C%12CCC%13(C)C([C@H](C)CCC(=O)OCCN%14C(=O)C=CC%14=O)CC[C@H]%13[C@@H]%12CC[C@@H]%11C%10)nn9)cc8n(CCN)c7c6)nn5)CCC4(C)C3CCC12C. The summed E-state index contributed by atoms with van der Waals surface area (Å²) in [6, 6.07) is 12.5. The van der Waals surface area contributed by atoms with Crippen molar-refractivity contribution in [3.63, 3.8) is 0 Å². The number of imide groups is 2. The van der Waals surface area contributed by atoms with Crippen molar-refractivity contribution >= 4 is 69.3 Å². The van der Waals surface area contributed by atoms with E-state index in [0.717, 1.165) is 107 Å². The van der Waals surface area contributed by atoms with Gasteiger partial charge in [-0.3, -0.25) is 48.2 Å². The summed E-state index contributed by atoms with van der Waals surface area (Å²) in [5.74, 6) is 4.28. The van der Waals surface area contributed by atoms with Gasteiger partial charge >= 0.3 is 23.9 Å². The molecule has 5 aromatic rings. The number of fused-ring (bicyclic) bond motifs is 13. The van der Waals surface area contributed by atoms with Crippen molar-refractivity contribution in [2.45, 2.75) is 215 Å². The average Bonchev–Trinajstić information content (AvgIpc) is 1.39. The van der Waals surface area contributed by atoms with Crippen LogP contribution in [0.3, 0.4) is 0 Å². The Bertz CT molecular complexity index is 3930. The van der Waals surface area contributed by atoms with Gasteiger partial charge in [-0.05, 0) is 233 Å². The number of amides is 4. The molecule has 8 fully saturated rings. The number of hydrogen-bond donors (Lipinski definition) is 1. The van der Waals surface area contributed by atoms with Crippen LogP contribution < -0.4 is 5.73 Å². The van der Waals surface area contributed by atoms with Gasteiger partial charge in [0, 0.05) is 83.2 Å². The Labute approximate surface area is 609 Å². The predicted octanol–water partition coefficient (Wildman–Crippen LogP) is 12.2. The fourth-order valence-corrected chi connectivity index (χ4v) is 24.2. The van der Waals surface area contributed by atoms with Crippen LogP contribution >= 0.6 is 0 Å². The third-order valence-electron chi connectivity index (χ3n) is 29.4. The van der Waals surface area contributed by atoms with Gasteiger partial charge in [-0.15, -0.1) is 10.2 Å². The lowest BCUT2D eigenvalue weighted by Crippen LogP contribution is -2.54. The molecule has 0 spiro atoms. The molecular formula is C82H106N10O12. The van der Waals surface area contributed by atoms with Crippen molar-refractivity contribution in [1.29, 1.82) is 0 Å². The number of rotatable bonds is 24. The highest BCUT2D eigenvalue weighted by Gasteiger charge is 2.63. The molecular weight excluding hydrogens is 1320 g/mol. The minimum atomic E-state index is -0.369. The Balaban J connectivity index is 0.509. The van der Waals surface area contributed by atoms with Gasteiger partial charge in [0.1, 0.15) is 49.9 Å². The van der Waals surface area contributed by atoms with E-state index in [1.807, 2.05) is 24.5 Å². The maximum absolute atomic E-state index is 13.7. The van der Waals surface area contributed by atoms with Crippen LogP contribution in [0.4, 0.5) is 0 Å². The van der Waals surface area contributed by atoms with Crippen molar-refractivity contribution < 1.29 is 57.3 Å². The van der Waals surface area contributed by atoms with Crippen LogP contribution in [0.1, 0.15) is 183 Å². The van der Waals surface area contributed by atoms with E-state index in [4.69, 9.17) is 24.7 Å². The third-order valence-corrected chi connectivity index (χ3v) is 29.4. The molecule has 8 aliphatic carbocycles. The van der Waals surface area contributed by atoms with Gasteiger partial charge < -0.3 is 29.2 Å². The van der Waals surface area contributed by atoms with Crippen molar-refractivity contribution in [2.24, 2.45) is 98.4 Å². The van der Waals surface area contributed by atoms with Crippen molar-refractivity contribution in [1.82, 2.24) is 44.4 Å². The molecule has 8 saturated carbocycles. The molecule has 9 unspecified atom stereocenters. The number of carbonyl (C=O) groups is 8. The Morgan fingerprint density at radius 1 is 0.500 bits per heavy atom. The summed E-state index contributed by atoms with van der Waals surface area (Å²) in [7, 11) is 0. The van der Waals surface area contributed by atoms with Gasteiger partial charge in [0.15, 0.2) is 0 Å². The lowest BCUT2D eigenvalue weighted by Gasteiger charge is -2.61. The maximum Gasteiger partial charge on any atom is 0.328 e. The van der Waals surface area contributed by atoms with Gasteiger partial charge in [0.2, 0.25) is 0 Å². The van der Waals surface area contributed by atoms with Crippen LogP contribution in [-0.2, 0) is 76.9 Å². The first kappa shape index (κ1) is 71.7. The largest absolute Gasteiger partial charge is 0.464 e. The predicted molar refractivity (Wildman–Crippen MR) is 387 cm³/mol. The topological polar surface area (TPSA) is 272 Å². The van der Waals surface area contributed by atoms with E-state index in [2.05, 4.69) is 91.0 Å². The molecule has 2 aliphatic heterocycles. The van der Waals surface area contributed by atoms with E-state index in [9.17, 15) is 38.4 Å². The zero-order valence-electron chi connectivity index (χ0n) is 61.7. The Morgan fingerprint density at radius 3 is 1.32 bits per heavy atom. The molecule has 22 nitrogen and oxygen atoms in total. The van der Waals surface area contributed by atoms with Crippen LogP contribution in [0.5, 0.6) is 0 Å². The standard InChI is InChI=1S/C82H106N10O12/c1-49(7-25-75(97)101-39-37-91-71(93)21-22-72(91)94)61-17-19-63-59-15-11-53-43-55(27-31-79(53,3)65(59)29-33-81(61,63)5)103-77(99)47-88-45-67(84-86-88)51-9-13-57-58-14-10-52(42-70(58)90(36-35-83)69(57)41-51)68-46-89(87-85-68)48-78(100)104-56-28-32-80(4)54(44-56)12-16-60-64-20-18-62(82(64,6)34-30-66(60)80)50(2)8-26-76(98)102-40-38-92-73(95)23-24-74(92)96/h9-10,13-14,21-24,41-42,45-46,49-50,53-56,59-66H,7-8,11-12,15-20,25-40,43-44,47-48,83H2,1-6H3/t49-,50-,53-,54?,55-,56-,59+,60+,61?,62?,63+,64+,65?,66?,79?,80?,81?,82?/m1/s1. The summed E-state index contributed by atoms with van der Waals surface area (Å²) in [4.78, 5) is 103. The molecule has 4 amide bonds. The van der Waals surface area contributed by atoms with E-state index in [-0.39, 0.29) is 121 Å². The molecule has 2 aromatic carbocycles. The highest BCUT2D eigenvalue weighted by molar-refractivity contribution is 6.13. The van der Waals surface area contributed by atoms with Crippen LogP contribution in [0.25, 0.3) is 44.3 Å². The average molecular weight is 1420 g/mol. The fraction of sp³-hybridized carbons (Fsp3) is 0.659. The van der Waals surface area contributed by atoms with E-state index in [1.165, 1.54) is 88.5 Å². The van der Waals surface area contributed by atoms with Crippen molar-refractivity contribution in [3.05, 3.63) is 73.1 Å². The first-order valence-electron chi connectivity index (χ1n) is 39.4. The molecule has 15 rings (SSSR count). The zero-order chi connectivity index (χ0) is 72.6. The maximum atomic E-state index is 13.7. The van der Waals surface area contributed by atoms with Crippen LogP contribution in [0.2, 0.25) is 0 Å². The summed E-state index contributed by atoms with van der Waals surface area (Å²) in [6.45, 7) is 15.9. The summed E-state index contributed by atoms with van der Waals surface area (Å²) < 4.78 is 28.9. The molecule has 22 heteroatoms. The molecule has 556 valence electrons. The first-order chi connectivity index (χ1) is 50.0. The molecule has 3 aromatic heterocycles. The van der Waals surface area contributed by atoms with E-state index in [0.29, 0.717) is 108 Å². The minimum Gasteiger partial charge on any atom is -0.464 e. The monoisotopic (exact) mass is 1420 g/mol. The summed E-state index contributed by atoms with van der Waals surface area (Å²) in [5, 5.41) is 20.0. The van der Waals surface area contributed by atoms with Gasteiger partial charge in [0.25, 0.3) is 23.6 Å². The normalized spacial score (nSPS) is 33.3. The third kappa shape index (κ3) is 13.4. The Hall–Kier alpha value is -7.88. The second kappa shape index (κ2) is 28.8. The van der Waals surface area contributed by atoms with Crippen molar-refractivity contribution in [3.8, 4) is 22.5 Å². The zero-order valence-corrected chi connectivity index (χ0v) is 61.7. The van der Waals surface area contributed by atoms with Gasteiger partial charge in [-0.25, -0.2) is 9.36 Å². The summed E-state index contributed by atoms with van der Waals surface area (Å²) >= 11 is 0. The number of esters is 4. The lowest BCUT2D eigenvalue weighted by molar-refractivity contribution is -0.164. The molecule has 0 saturated heterocycles. The Kier molecular flexibility index (Phi) is 19.8. The number of nitrogens with two attached hydrogens (primary N) is 1. The fourth-order valence-electron chi connectivity index (χ4n) is 24.2.